The van der Waals surface area contributed by atoms with Gasteiger partial charge in [-0.2, -0.15) is 10.5 Å². The molecule has 0 bridgehead atoms. The number of anilines is 1. The quantitative estimate of drug-likeness (QED) is 0.539. The summed E-state index contributed by atoms with van der Waals surface area (Å²) in [6.45, 7) is 3.59. The summed E-state index contributed by atoms with van der Waals surface area (Å²) in [7, 11) is 0. The fraction of sp³-hybridized carbons (Fsp3) is 0.286. The Bertz CT molecular complexity index is 1310. The lowest BCUT2D eigenvalue weighted by molar-refractivity contribution is 0.325. The summed E-state index contributed by atoms with van der Waals surface area (Å²) in [6, 6.07) is 11.6. The average Bonchev–Trinajstić information content (AvgIpc) is 3.48. The molecule has 3 N–H and O–H groups in total. The SMILES string of the molecule is N#Cc1nc2c(-c3nc4ccccc4[nH]3)c(N)n(CCN3CCCC3)c2nc1C#N. The molecule has 5 rings (SSSR count). The van der Waals surface area contributed by atoms with Gasteiger partial charge in [0, 0.05) is 13.1 Å². The van der Waals surface area contributed by atoms with E-state index >= 15 is 0 Å². The van der Waals surface area contributed by atoms with Crippen LogP contribution < -0.4 is 5.73 Å². The highest BCUT2D eigenvalue weighted by Gasteiger charge is 2.24. The van der Waals surface area contributed by atoms with Crippen LogP contribution in [0, 0.1) is 22.7 Å². The van der Waals surface area contributed by atoms with Crippen molar-refractivity contribution < 1.29 is 0 Å². The molecule has 0 radical (unpaired) electrons. The minimum absolute atomic E-state index is 0.000999. The first kappa shape index (κ1) is 18.1. The van der Waals surface area contributed by atoms with Gasteiger partial charge in [-0.1, -0.05) is 12.1 Å². The zero-order valence-corrected chi connectivity index (χ0v) is 16.3. The van der Waals surface area contributed by atoms with Crippen molar-refractivity contribution in [3.05, 3.63) is 35.7 Å². The first-order valence-corrected chi connectivity index (χ1v) is 9.87. The van der Waals surface area contributed by atoms with Crippen molar-refractivity contribution in [2.24, 2.45) is 0 Å². The van der Waals surface area contributed by atoms with Gasteiger partial charge in [-0.15, -0.1) is 0 Å². The van der Waals surface area contributed by atoms with E-state index < -0.39 is 0 Å². The fourth-order valence-electron chi connectivity index (χ4n) is 4.09. The average molecular weight is 397 g/mol. The molecule has 9 nitrogen and oxygen atoms in total. The Kier molecular flexibility index (Phi) is 4.31. The maximum atomic E-state index is 9.44. The van der Waals surface area contributed by atoms with Gasteiger partial charge in [0.2, 0.25) is 0 Å². The van der Waals surface area contributed by atoms with E-state index in [9.17, 15) is 10.5 Å². The van der Waals surface area contributed by atoms with Crippen LogP contribution in [0.25, 0.3) is 33.6 Å². The first-order chi connectivity index (χ1) is 14.7. The molecule has 0 atom stereocenters. The number of imidazole rings is 1. The molecule has 0 amide bonds. The van der Waals surface area contributed by atoms with Crippen LogP contribution in [0.5, 0.6) is 0 Å². The molecule has 1 saturated heterocycles. The summed E-state index contributed by atoms with van der Waals surface area (Å²) in [6.07, 6.45) is 2.41. The van der Waals surface area contributed by atoms with Crippen molar-refractivity contribution in [2.75, 3.05) is 25.4 Å². The second-order valence-corrected chi connectivity index (χ2v) is 7.38. The molecule has 0 aliphatic carbocycles. The summed E-state index contributed by atoms with van der Waals surface area (Å²) in [4.78, 5) is 19.2. The Labute approximate surface area is 172 Å². The van der Waals surface area contributed by atoms with Gasteiger partial charge in [0.1, 0.15) is 29.3 Å². The summed E-state index contributed by atoms with van der Waals surface area (Å²) < 4.78 is 1.88. The number of para-hydroxylation sites is 2. The molecule has 0 saturated carbocycles. The number of benzene rings is 1. The monoisotopic (exact) mass is 397 g/mol. The van der Waals surface area contributed by atoms with E-state index in [2.05, 4.69) is 24.8 Å². The van der Waals surface area contributed by atoms with Gasteiger partial charge in [-0.25, -0.2) is 15.0 Å². The molecule has 4 aromatic rings. The summed E-state index contributed by atoms with van der Waals surface area (Å²) >= 11 is 0. The Morgan fingerprint density at radius 1 is 1.00 bits per heavy atom. The standard InChI is InChI=1S/C21H19N9/c22-11-15-16(12-23)28-21-18(25-15)17(20-26-13-5-1-2-6-14(13)27-20)19(24)30(21)10-9-29-7-3-4-8-29/h1-2,5-6H,3-4,7-10,24H2,(H,26,27). The van der Waals surface area contributed by atoms with E-state index in [1.807, 2.05) is 41.0 Å². The first-order valence-electron chi connectivity index (χ1n) is 9.87. The number of likely N-dealkylation sites (tertiary alicyclic amines) is 1. The van der Waals surface area contributed by atoms with Crippen molar-refractivity contribution in [3.63, 3.8) is 0 Å². The number of nitrogens with two attached hydrogens (primary N) is 1. The van der Waals surface area contributed by atoms with Crippen LogP contribution in [-0.2, 0) is 6.54 Å². The molecule has 3 aromatic heterocycles. The van der Waals surface area contributed by atoms with Crippen LogP contribution in [0.4, 0.5) is 5.82 Å². The molecule has 1 aliphatic heterocycles. The van der Waals surface area contributed by atoms with Crippen molar-refractivity contribution in [2.45, 2.75) is 19.4 Å². The third kappa shape index (κ3) is 2.84. The molecule has 4 heterocycles. The predicted molar refractivity (Wildman–Crippen MR) is 112 cm³/mol. The van der Waals surface area contributed by atoms with Crippen molar-refractivity contribution >= 4 is 28.0 Å². The molecule has 1 aromatic carbocycles. The number of nitriles is 2. The van der Waals surface area contributed by atoms with E-state index in [1.165, 1.54) is 12.8 Å². The van der Waals surface area contributed by atoms with E-state index in [0.29, 0.717) is 34.9 Å². The largest absolute Gasteiger partial charge is 0.384 e. The molecule has 1 fully saturated rings. The van der Waals surface area contributed by atoms with E-state index in [0.717, 1.165) is 30.7 Å². The minimum Gasteiger partial charge on any atom is -0.384 e. The van der Waals surface area contributed by atoms with Gasteiger partial charge in [-0.05, 0) is 38.1 Å². The molecule has 148 valence electrons. The van der Waals surface area contributed by atoms with Crippen LogP contribution in [0.3, 0.4) is 0 Å². The highest BCUT2D eigenvalue weighted by Crippen LogP contribution is 2.35. The molecule has 0 spiro atoms. The molecule has 9 heteroatoms. The van der Waals surface area contributed by atoms with E-state index in [4.69, 9.17) is 5.73 Å². The molecule has 0 unspecified atom stereocenters. The number of H-pyrrole nitrogens is 1. The fourth-order valence-corrected chi connectivity index (χ4v) is 4.09. The highest BCUT2D eigenvalue weighted by atomic mass is 15.2. The van der Waals surface area contributed by atoms with Gasteiger partial charge in [0.15, 0.2) is 17.0 Å². The maximum absolute atomic E-state index is 9.44. The second-order valence-electron chi connectivity index (χ2n) is 7.38. The van der Waals surface area contributed by atoms with Gasteiger partial charge in [-0.3, -0.25) is 0 Å². The topological polar surface area (TPSA) is 136 Å². The Morgan fingerprint density at radius 2 is 1.73 bits per heavy atom. The van der Waals surface area contributed by atoms with Gasteiger partial charge in [0.05, 0.1) is 16.6 Å². The van der Waals surface area contributed by atoms with Crippen LogP contribution in [-0.4, -0.2) is 49.0 Å². The van der Waals surface area contributed by atoms with Crippen molar-refractivity contribution in [3.8, 4) is 23.5 Å². The number of rotatable bonds is 4. The lowest BCUT2D eigenvalue weighted by Gasteiger charge is -2.16. The Morgan fingerprint density at radius 3 is 2.47 bits per heavy atom. The number of nitrogen functional groups attached to an aromatic ring is 1. The number of aromatic amines is 1. The summed E-state index contributed by atoms with van der Waals surface area (Å²) in [5, 5.41) is 18.9. The third-order valence-electron chi connectivity index (χ3n) is 5.59. The molecule has 30 heavy (non-hydrogen) atoms. The van der Waals surface area contributed by atoms with E-state index in [-0.39, 0.29) is 11.4 Å². The Hall–Kier alpha value is -3.95. The zero-order valence-electron chi connectivity index (χ0n) is 16.3. The molecule has 1 aliphatic rings. The zero-order chi connectivity index (χ0) is 20.7. The van der Waals surface area contributed by atoms with Crippen LogP contribution in [0.15, 0.2) is 24.3 Å². The lowest BCUT2D eigenvalue weighted by atomic mass is 10.2. The third-order valence-corrected chi connectivity index (χ3v) is 5.59. The number of nitrogens with one attached hydrogen (secondary N) is 1. The molecular formula is C21H19N9. The van der Waals surface area contributed by atoms with Crippen molar-refractivity contribution in [1.29, 1.82) is 10.5 Å². The number of hydrogen-bond acceptors (Lipinski definition) is 7. The Balaban J connectivity index is 1.71. The minimum atomic E-state index is -0.0148. The van der Waals surface area contributed by atoms with Gasteiger partial charge < -0.3 is 20.2 Å². The summed E-state index contributed by atoms with van der Waals surface area (Å²) in [5.41, 5.74) is 9.84. The van der Waals surface area contributed by atoms with Crippen LogP contribution in [0.2, 0.25) is 0 Å². The van der Waals surface area contributed by atoms with Gasteiger partial charge >= 0.3 is 0 Å². The molecular weight excluding hydrogens is 378 g/mol. The lowest BCUT2D eigenvalue weighted by Crippen LogP contribution is -2.24. The number of fused-ring (bicyclic) bond motifs is 2. The normalized spacial score (nSPS) is 14.3. The van der Waals surface area contributed by atoms with Crippen LogP contribution >= 0.6 is 0 Å². The van der Waals surface area contributed by atoms with Crippen LogP contribution in [0.1, 0.15) is 24.2 Å². The van der Waals surface area contributed by atoms with Crippen molar-refractivity contribution in [1.82, 2.24) is 29.4 Å². The number of nitrogens with zero attached hydrogens (tertiary/aromatic N) is 7. The van der Waals surface area contributed by atoms with E-state index in [1.54, 1.807) is 0 Å². The highest BCUT2D eigenvalue weighted by molar-refractivity contribution is 5.98. The smallest absolute Gasteiger partial charge is 0.179 e. The summed E-state index contributed by atoms with van der Waals surface area (Å²) in [5.74, 6) is 1.05. The second kappa shape index (κ2) is 7.14. The van der Waals surface area contributed by atoms with Gasteiger partial charge in [0.25, 0.3) is 0 Å². The number of hydrogen-bond donors (Lipinski definition) is 2. The maximum Gasteiger partial charge on any atom is 0.179 e. The number of aromatic nitrogens is 5. The predicted octanol–water partition coefficient (Wildman–Crippen LogP) is 2.40.